The molecule has 0 saturated carbocycles. The Morgan fingerprint density at radius 3 is 2.80 bits per heavy atom. The summed E-state index contributed by atoms with van der Waals surface area (Å²) in [6, 6.07) is 11.7. The molecule has 1 aliphatic heterocycles. The van der Waals surface area contributed by atoms with E-state index in [2.05, 4.69) is 21.8 Å². The highest BCUT2D eigenvalue weighted by Gasteiger charge is 2.23. The van der Waals surface area contributed by atoms with E-state index in [0.717, 1.165) is 25.9 Å². The Bertz CT molecular complexity index is 566. The summed E-state index contributed by atoms with van der Waals surface area (Å²) in [6.07, 6.45) is 1.79. The topological polar surface area (TPSA) is 73.2 Å². The molecular weight excluding hydrogens is 274 g/mol. The van der Waals surface area contributed by atoms with E-state index < -0.39 is 15.8 Å². The van der Waals surface area contributed by atoms with Gasteiger partial charge in [0, 0.05) is 19.1 Å². The normalized spacial score (nSPS) is 20.4. The molecule has 1 N–H and O–H groups in total. The summed E-state index contributed by atoms with van der Waals surface area (Å²) in [5.41, 5.74) is 1.23. The van der Waals surface area contributed by atoms with E-state index in [1.54, 1.807) is 6.07 Å². The maximum Gasteiger partial charge on any atom is 0.225 e. The average molecular weight is 293 g/mol. The molecule has 0 aliphatic carbocycles. The van der Waals surface area contributed by atoms with Crippen LogP contribution in [0.25, 0.3) is 0 Å². The molecule has 1 aromatic rings. The molecule has 1 aromatic carbocycles. The molecule has 0 amide bonds. The Morgan fingerprint density at radius 2 is 2.10 bits per heavy atom. The highest BCUT2D eigenvalue weighted by molar-refractivity contribution is 7.89. The fourth-order valence-electron chi connectivity index (χ4n) is 2.52. The van der Waals surface area contributed by atoms with Gasteiger partial charge in [0.1, 0.15) is 0 Å². The predicted molar refractivity (Wildman–Crippen MR) is 77.3 cm³/mol. The number of benzene rings is 1. The zero-order valence-corrected chi connectivity index (χ0v) is 12.1. The number of nitrogens with zero attached hydrogens (tertiary/aromatic N) is 2. The fourth-order valence-corrected chi connectivity index (χ4v) is 3.47. The smallest absolute Gasteiger partial charge is 0.225 e. The van der Waals surface area contributed by atoms with Crippen LogP contribution in [0, 0.1) is 11.3 Å². The third-order valence-electron chi connectivity index (χ3n) is 3.36. The summed E-state index contributed by atoms with van der Waals surface area (Å²) in [4.78, 5) is 2.25. The minimum Gasteiger partial charge on any atom is -0.298 e. The van der Waals surface area contributed by atoms with Crippen molar-refractivity contribution in [2.45, 2.75) is 25.4 Å². The number of sulfonamides is 1. The number of rotatable bonds is 5. The first-order valence-corrected chi connectivity index (χ1v) is 8.37. The van der Waals surface area contributed by atoms with Crippen LogP contribution < -0.4 is 4.72 Å². The van der Waals surface area contributed by atoms with Crippen LogP contribution in [0.4, 0.5) is 0 Å². The second-order valence-electron chi connectivity index (χ2n) is 5.09. The van der Waals surface area contributed by atoms with E-state index in [0.29, 0.717) is 6.54 Å². The Morgan fingerprint density at radius 1 is 1.35 bits per heavy atom. The molecule has 5 nitrogen and oxygen atoms in total. The number of nitrogens with one attached hydrogen (secondary N) is 1. The molecule has 1 atom stereocenters. The van der Waals surface area contributed by atoms with Crippen LogP contribution in [0.3, 0.4) is 0 Å². The lowest BCUT2D eigenvalue weighted by molar-refractivity contribution is 0.194. The summed E-state index contributed by atoms with van der Waals surface area (Å²) in [5, 5.41) is 8.50. The van der Waals surface area contributed by atoms with Crippen molar-refractivity contribution in [2.24, 2.45) is 0 Å². The van der Waals surface area contributed by atoms with Gasteiger partial charge >= 0.3 is 0 Å². The van der Waals surface area contributed by atoms with Gasteiger partial charge in [-0.05, 0) is 24.9 Å². The molecule has 1 aliphatic rings. The number of piperidine rings is 1. The van der Waals surface area contributed by atoms with Crippen LogP contribution in [-0.2, 0) is 16.6 Å². The van der Waals surface area contributed by atoms with Crippen molar-refractivity contribution >= 4 is 10.0 Å². The van der Waals surface area contributed by atoms with Crippen LogP contribution in [0.2, 0.25) is 0 Å². The van der Waals surface area contributed by atoms with Gasteiger partial charge in [0.05, 0.1) is 6.07 Å². The van der Waals surface area contributed by atoms with E-state index in [9.17, 15) is 8.42 Å². The Kier molecular flexibility index (Phi) is 5.12. The van der Waals surface area contributed by atoms with Crippen molar-refractivity contribution in [3.63, 3.8) is 0 Å². The van der Waals surface area contributed by atoms with Gasteiger partial charge in [0.15, 0.2) is 5.75 Å². The zero-order valence-electron chi connectivity index (χ0n) is 11.3. The molecule has 0 aromatic heterocycles. The minimum absolute atomic E-state index is 0.0918. The van der Waals surface area contributed by atoms with E-state index in [1.165, 1.54) is 5.56 Å². The van der Waals surface area contributed by atoms with Gasteiger partial charge in [-0.25, -0.2) is 13.1 Å². The number of likely N-dealkylation sites (tertiary alicyclic amines) is 1. The first kappa shape index (κ1) is 15.0. The van der Waals surface area contributed by atoms with Gasteiger partial charge in [-0.2, -0.15) is 5.26 Å². The lowest BCUT2D eigenvalue weighted by Gasteiger charge is -2.32. The SMILES string of the molecule is N#CCS(=O)(=O)NC1CCCN(Cc2ccccc2)C1. The predicted octanol–water partition coefficient (Wildman–Crippen LogP) is 1.09. The van der Waals surface area contributed by atoms with Crippen molar-refractivity contribution in [2.75, 3.05) is 18.8 Å². The summed E-state index contributed by atoms with van der Waals surface area (Å²) in [5.74, 6) is -0.470. The maximum atomic E-state index is 11.6. The van der Waals surface area contributed by atoms with Crippen molar-refractivity contribution in [1.82, 2.24) is 9.62 Å². The van der Waals surface area contributed by atoms with Gasteiger partial charge in [-0.3, -0.25) is 4.90 Å². The lowest BCUT2D eigenvalue weighted by Crippen LogP contribution is -2.47. The molecule has 6 heteroatoms. The van der Waals surface area contributed by atoms with Crippen LogP contribution >= 0.6 is 0 Å². The van der Waals surface area contributed by atoms with Crippen LogP contribution in [-0.4, -0.2) is 38.2 Å². The van der Waals surface area contributed by atoms with Crippen molar-refractivity contribution in [1.29, 1.82) is 5.26 Å². The minimum atomic E-state index is -3.47. The molecule has 1 fully saturated rings. The second-order valence-corrected chi connectivity index (χ2v) is 6.85. The van der Waals surface area contributed by atoms with Crippen LogP contribution in [0.1, 0.15) is 18.4 Å². The van der Waals surface area contributed by atoms with Gasteiger partial charge in [0.2, 0.25) is 10.0 Å². The van der Waals surface area contributed by atoms with Crippen molar-refractivity contribution in [3.05, 3.63) is 35.9 Å². The Balaban J connectivity index is 1.91. The first-order chi connectivity index (χ1) is 9.59. The summed E-state index contributed by atoms with van der Waals surface area (Å²) < 4.78 is 25.8. The van der Waals surface area contributed by atoms with Crippen LogP contribution in [0.5, 0.6) is 0 Å². The largest absolute Gasteiger partial charge is 0.298 e. The average Bonchev–Trinajstić information content (AvgIpc) is 2.39. The van der Waals surface area contributed by atoms with E-state index in [1.807, 2.05) is 18.2 Å². The lowest BCUT2D eigenvalue weighted by atomic mass is 10.1. The van der Waals surface area contributed by atoms with Crippen molar-refractivity contribution < 1.29 is 8.42 Å². The third-order valence-corrected chi connectivity index (χ3v) is 4.56. The van der Waals surface area contributed by atoms with E-state index in [-0.39, 0.29) is 6.04 Å². The summed E-state index contributed by atoms with van der Waals surface area (Å²) in [7, 11) is -3.47. The molecular formula is C14H19N3O2S. The van der Waals surface area contributed by atoms with E-state index in [4.69, 9.17) is 5.26 Å². The molecule has 1 unspecified atom stereocenters. The molecule has 2 rings (SSSR count). The number of hydrogen-bond acceptors (Lipinski definition) is 4. The molecule has 0 radical (unpaired) electrons. The number of nitriles is 1. The Hall–Kier alpha value is -1.42. The quantitative estimate of drug-likeness (QED) is 0.882. The van der Waals surface area contributed by atoms with Crippen molar-refractivity contribution in [3.8, 4) is 6.07 Å². The van der Waals surface area contributed by atoms with Gasteiger partial charge in [0.25, 0.3) is 0 Å². The first-order valence-electron chi connectivity index (χ1n) is 6.72. The highest BCUT2D eigenvalue weighted by Crippen LogP contribution is 2.14. The van der Waals surface area contributed by atoms with E-state index >= 15 is 0 Å². The molecule has 20 heavy (non-hydrogen) atoms. The standard InChI is InChI=1S/C14H19N3O2S/c15-8-10-20(18,19)16-14-7-4-9-17(12-14)11-13-5-2-1-3-6-13/h1-3,5-6,14,16H,4,7,9-12H2. The fraction of sp³-hybridized carbons (Fsp3) is 0.500. The molecule has 0 spiro atoms. The highest BCUT2D eigenvalue weighted by atomic mass is 32.2. The zero-order chi connectivity index (χ0) is 14.4. The van der Waals surface area contributed by atoms with Crippen LogP contribution in [0.15, 0.2) is 30.3 Å². The van der Waals surface area contributed by atoms with Gasteiger partial charge in [-0.1, -0.05) is 30.3 Å². The second kappa shape index (κ2) is 6.84. The molecule has 1 saturated heterocycles. The monoisotopic (exact) mass is 293 g/mol. The summed E-state index contributed by atoms with van der Waals surface area (Å²) >= 11 is 0. The maximum absolute atomic E-state index is 11.6. The molecule has 0 bridgehead atoms. The third kappa shape index (κ3) is 4.60. The van der Waals surface area contributed by atoms with Gasteiger partial charge in [-0.15, -0.1) is 0 Å². The molecule has 108 valence electrons. The van der Waals surface area contributed by atoms with Gasteiger partial charge < -0.3 is 0 Å². The summed E-state index contributed by atoms with van der Waals surface area (Å²) in [6.45, 7) is 2.50. The number of hydrogen-bond donors (Lipinski definition) is 1. The molecule has 1 heterocycles. The Labute approximate surface area is 120 Å².